The van der Waals surface area contributed by atoms with Crippen LogP contribution in [0.25, 0.3) is 11.1 Å². The minimum atomic E-state index is 0.596. The summed E-state index contributed by atoms with van der Waals surface area (Å²) in [5, 5.41) is 4.23. The van der Waals surface area contributed by atoms with E-state index in [1.165, 1.54) is 0 Å². The zero-order valence-corrected chi connectivity index (χ0v) is 9.26. The third-order valence-electron chi connectivity index (χ3n) is 2.39. The predicted molar refractivity (Wildman–Crippen MR) is 63.3 cm³/mol. The lowest BCUT2D eigenvalue weighted by Crippen LogP contribution is -2.09. The van der Waals surface area contributed by atoms with Crippen LogP contribution in [-0.4, -0.2) is 23.4 Å². The van der Waals surface area contributed by atoms with Gasteiger partial charge in [0.05, 0.1) is 19.9 Å². The molecule has 0 amide bonds. The topological polar surface area (TPSA) is 53.1 Å². The van der Waals surface area contributed by atoms with Crippen LogP contribution in [0.15, 0.2) is 36.7 Å². The van der Waals surface area contributed by atoms with Crippen LogP contribution in [0.2, 0.25) is 0 Å². The summed E-state index contributed by atoms with van der Waals surface area (Å²) in [5.41, 5.74) is 7.65. The highest BCUT2D eigenvalue weighted by atomic mass is 16.5. The average Bonchev–Trinajstić information content (AvgIpc) is 2.78. The van der Waals surface area contributed by atoms with Crippen molar-refractivity contribution in [3.8, 4) is 16.9 Å². The van der Waals surface area contributed by atoms with E-state index in [0.717, 1.165) is 23.4 Å². The molecule has 0 radical (unpaired) electrons. The number of methoxy groups -OCH3 is 1. The first-order valence-electron chi connectivity index (χ1n) is 5.20. The molecule has 0 aliphatic carbocycles. The van der Waals surface area contributed by atoms with Gasteiger partial charge in [0, 0.05) is 18.3 Å². The van der Waals surface area contributed by atoms with Crippen molar-refractivity contribution in [1.82, 2.24) is 9.78 Å². The molecule has 4 heteroatoms. The highest BCUT2D eigenvalue weighted by Gasteiger charge is 2.02. The van der Waals surface area contributed by atoms with Crippen LogP contribution in [0.1, 0.15) is 0 Å². The molecular formula is C12H15N3O. The summed E-state index contributed by atoms with van der Waals surface area (Å²) < 4.78 is 7.03. The second-order valence-corrected chi connectivity index (χ2v) is 3.51. The third-order valence-corrected chi connectivity index (χ3v) is 2.39. The molecule has 0 unspecified atom stereocenters. The largest absolute Gasteiger partial charge is 0.497 e. The molecule has 0 aliphatic rings. The van der Waals surface area contributed by atoms with Crippen molar-refractivity contribution in [2.75, 3.05) is 13.7 Å². The molecule has 0 atom stereocenters. The van der Waals surface area contributed by atoms with Gasteiger partial charge in [0.15, 0.2) is 0 Å². The van der Waals surface area contributed by atoms with Crippen LogP contribution in [0.5, 0.6) is 5.75 Å². The maximum absolute atomic E-state index is 5.47. The number of benzene rings is 1. The molecule has 1 heterocycles. The molecular weight excluding hydrogens is 202 g/mol. The monoisotopic (exact) mass is 217 g/mol. The molecule has 0 saturated carbocycles. The van der Waals surface area contributed by atoms with E-state index in [4.69, 9.17) is 10.5 Å². The summed E-state index contributed by atoms with van der Waals surface area (Å²) in [6.45, 7) is 1.34. The normalized spacial score (nSPS) is 10.4. The fraction of sp³-hybridized carbons (Fsp3) is 0.250. The Morgan fingerprint density at radius 2 is 2.25 bits per heavy atom. The zero-order valence-electron chi connectivity index (χ0n) is 9.26. The van der Waals surface area contributed by atoms with E-state index >= 15 is 0 Å². The van der Waals surface area contributed by atoms with Gasteiger partial charge in [-0.25, -0.2) is 0 Å². The van der Waals surface area contributed by atoms with Gasteiger partial charge in [-0.1, -0.05) is 12.1 Å². The Labute approximate surface area is 94.6 Å². The third kappa shape index (κ3) is 2.23. The quantitative estimate of drug-likeness (QED) is 0.844. The summed E-state index contributed by atoms with van der Waals surface area (Å²) in [6.07, 6.45) is 3.83. The Kier molecular flexibility index (Phi) is 3.22. The van der Waals surface area contributed by atoms with Gasteiger partial charge < -0.3 is 10.5 Å². The van der Waals surface area contributed by atoms with E-state index in [1.54, 1.807) is 7.11 Å². The lowest BCUT2D eigenvalue weighted by atomic mass is 10.1. The number of hydrogen-bond acceptors (Lipinski definition) is 3. The van der Waals surface area contributed by atoms with Crippen LogP contribution in [-0.2, 0) is 6.54 Å². The van der Waals surface area contributed by atoms with Crippen LogP contribution in [0, 0.1) is 0 Å². The van der Waals surface area contributed by atoms with Crippen LogP contribution in [0.4, 0.5) is 0 Å². The Hall–Kier alpha value is -1.81. The van der Waals surface area contributed by atoms with Crippen molar-refractivity contribution in [3.05, 3.63) is 36.7 Å². The molecule has 0 spiro atoms. The van der Waals surface area contributed by atoms with Crippen LogP contribution in [0.3, 0.4) is 0 Å². The second-order valence-electron chi connectivity index (χ2n) is 3.51. The molecule has 0 saturated heterocycles. The Morgan fingerprint density at radius 1 is 1.38 bits per heavy atom. The average molecular weight is 217 g/mol. The molecule has 0 fully saturated rings. The second kappa shape index (κ2) is 4.81. The summed E-state index contributed by atoms with van der Waals surface area (Å²) in [6, 6.07) is 7.92. The van der Waals surface area contributed by atoms with E-state index in [0.29, 0.717) is 6.54 Å². The molecule has 0 aliphatic heterocycles. The summed E-state index contributed by atoms with van der Waals surface area (Å²) in [5.74, 6) is 0.851. The fourth-order valence-electron chi connectivity index (χ4n) is 1.57. The lowest BCUT2D eigenvalue weighted by Gasteiger charge is -2.01. The van der Waals surface area contributed by atoms with E-state index in [9.17, 15) is 0 Å². The van der Waals surface area contributed by atoms with Crippen molar-refractivity contribution in [1.29, 1.82) is 0 Å². The van der Waals surface area contributed by atoms with Crippen molar-refractivity contribution < 1.29 is 4.74 Å². The smallest absolute Gasteiger partial charge is 0.119 e. The van der Waals surface area contributed by atoms with Gasteiger partial charge in [0.25, 0.3) is 0 Å². The number of nitrogens with two attached hydrogens (primary N) is 1. The Bertz CT molecular complexity index is 465. The van der Waals surface area contributed by atoms with Crippen molar-refractivity contribution >= 4 is 0 Å². The van der Waals surface area contributed by atoms with E-state index in [-0.39, 0.29) is 0 Å². The number of ether oxygens (including phenoxy) is 1. The van der Waals surface area contributed by atoms with Gasteiger partial charge in [0.1, 0.15) is 5.75 Å². The molecule has 2 rings (SSSR count). The Balaban J connectivity index is 2.27. The summed E-state index contributed by atoms with van der Waals surface area (Å²) >= 11 is 0. The summed E-state index contributed by atoms with van der Waals surface area (Å²) in [7, 11) is 1.66. The van der Waals surface area contributed by atoms with Crippen molar-refractivity contribution in [2.24, 2.45) is 5.73 Å². The minimum Gasteiger partial charge on any atom is -0.497 e. The molecule has 16 heavy (non-hydrogen) atoms. The summed E-state index contributed by atoms with van der Waals surface area (Å²) in [4.78, 5) is 0. The maximum Gasteiger partial charge on any atom is 0.119 e. The number of hydrogen-bond donors (Lipinski definition) is 1. The lowest BCUT2D eigenvalue weighted by molar-refractivity contribution is 0.415. The molecule has 1 aromatic carbocycles. The fourth-order valence-corrected chi connectivity index (χ4v) is 1.57. The van der Waals surface area contributed by atoms with Crippen molar-refractivity contribution in [2.45, 2.75) is 6.54 Å². The van der Waals surface area contributed by atoms with Gasteiger partial charge >= 0.3 is 0 Å². The van der Waals surface area contributed by atoms with Crippen LogP contribution >= 0.6 is 0 Å². The highest BCUT2D eigenvalue weighted by molar-refractivity contribution is 5.63. The first-order valence-corrected chi connectivity index (χ1v) is 5.20. The van der Waals surface area contributed by atoms with Gasteiger partial charge in [0.2, 0.25) is 0 Å². The predicted octanol–water partition coefficient (Wildman–Crippen LogP) is 1.52. The van der Waals surface area contributed by atoms with E-state index in [1.807, 2.05) is 41.3 Å². The maximum atomic E-state index is 5.47. The van der Waals surface area contributed by atoms with Gasteiger partial charge in [-0.2, -0.15) is 5.10 Å². The van der Waals surface area contributed by atoms with E-state index < -0.39 is 0 Å². The number of rotatable bonds is 4. The minimum absolute atomic E-state index is 0.596. The highest BCUT2D eigenvalue weighted by Crippen LogP contribution is 2.22. The zero-order chi connectivity index (χ0) is 11.4. The van der Waals surface area contributed by atoms with Crippen LogP contribution < -0.4 is 10.5 Å². The standard InChI is InChI=1S/C12H15N3O/c1-16-12-4-2-3-10(7-12)11-8-14-15(9-11)6-5-13/h2-4,7-9H,5-6,13H2,1H3. The SMILES string of the molecule is COc1cccc(-c2cnn(CCN)c2)c1. The molecule has 2 aromatic rings. The molecule has 84 valence electrons. The number of aromatic nitrogens is 2. The Morgan fingerprint density at radius 3 is 3.00 bits per heavy atom. The van der Waals surface area contributed by atoms with Crippen molar-refractivity contribution in [3.63, 3.8) is 0 Å². The first kappa shape index (κ1) is 10.7. The molecule has 2 N–H and O–H groups in total. The molecule has 0 bridgehead atoms. The first-order chi connectivity index (χ1) is 7.83. The van der Waals surface area contributed by atoms with E-state index in [2.05, 4.69) is 5.10 Å². The molecule has 1 aromatic heterocycles. The number of nitrogens with zero attached hydrogens (tertiary/aromatic N) is 2. The van der Waals surface area contributed by atoms with Gasteiger partial charge in [-0.3, -0.25) is 4.68 Å². The molecule has 4 nitrogen and oxygen atoms in total. The van der Waals surface area contributed by atoms with Gasteiger partial charge in [-0.15, -0.1) is 0 Å². The van der Waals surface area contributed by atoms with Gasteiger partial charge in [-0.05, 0) is 17.7 Å².